The molecule has 354 valence electrons. The van der Waals surface area contributed by atoms with Gasteiger partial charge in [0.1, 0.15) is 0 Å². The molecule has 0 amide bonds. The molecule has 1 N–H and O–H groups in total. The molecule has 7 nitrogen and oxygen atoms in total. The van der Waals surface area contributed by atoms with Crippen molar-refractivity contribution in [1.29, 1.82) is 0 Å². The van der Waals surface area contributed by atoms with E-state index in [4.69, 9.17) is 5.32 Å². The topological polar surface area (TPSA) is 42.3 Å². The van der Waals surface area contributed by atoms with Gasteiger partial charge in [-0.05, 0) is 146 Å². The van der Waals surface area contributed by atoms with E-state index in [2.05, 4.69) is 232 Å². The third-order valence-corrected chi connectivity index (χ3v) is 13.6. The number of rotatable bonds is 11. The fourth-order valence-corrected chi connectivity index (χ4v) is 10.5. The van der Waals surface area contributed by atoms with E-state index in [1.54, 1.807) is 0 Å². The smallest absolute Gasteiger partial charge is 0.659 e. The molecule has 0 radical (unpaired) electrons. The first-order chi connectivity index (χ1) is 33.4. The number of aryl methyl sites for hydroxylation is 1. The van der Waals surface area contributed by atoms with Crippen molar-refractivity contribution in [3.8, 4) is 11.1 Å². The van der Waals surface area contributed by atoms with Crippen molar-refractivity contribution in [3.05, 3.63) is 205 Å². The molecule has 0 bridgehead atoms. The number of anilines is 8. The van der Waals surface area contributed by atoms with Gasteiger partial charge in [0.05, 0.1) is 0 Å². The van der Waals surface area contributed by atoms with E-state index in [0.29, 0.717) is 17.8 Å². The van der Waals surface area contributed by atoms with Crippen molar-refractivity contribution in [2.45, 2.75) is 73.1 Å². The van der Waals surface area contributed by atoms with Gasteiger partial charge < -0.3 is 35.1 Å². The summed E-state index contributed by atoms with van der Waals surface area (Å²) >= 11 is 0. The Morgan fingerprint density at radius 3 is 1.71 bits per heavy atom. The molecule has 7 aromatic carbocycles. The van der Waals surface area contributed by atoms with Crippen LogP contribution in [0.5, 0.6) is 0 Å². The summed E-state index contributed by atoms with van der Waals surface area (Å²) < 4.78 is 0. The zero-order chi connectivity index (χ0) is 48.1. The van der Waals surface area contributed by atoms with Crippen molar-refractivity contribution >= 4 is 80.0 Å². The Morgan fingerprint density at radius 2 is 1.23 bits per heavy atom. The van der Waals surface area contributed by atoms with Crippen molar-refractivity contribution in [2.75, 3.05) is 34.1 Å². The van der Waals surface area contributed by atoms with Crippen LogP contribution >= 0.6 is 0 Å². The molecule has 0 saturated heterocycles. The molecular weight excluding hydrogens is 1040 g/mol. The van der Waals surface area contributed by atoms with Crippen molar-refractivity contribution < 1.29 is 21.1 Å². The average molecular weight is 1100 g/mol. The second-order valence-corrected chi connectivity index (χ2v) is 19.6. The Bertz CT molecular complexity index is 2940. The zero-order valence-electron chi connectivity index (χ0n) is 42.0. The molecule has 0 saturated carbocycles. The van der Waals surface area contributed by atoms with E-state index in [9.17, 15) is 0 Å². The van der Waals surface area contributed by atoms with Crippen LogP contribution in [0.15, 0.2) is 158 Å². The maximum atomic E-state index is 5.19. The number of hydrogen-bond donors (Lipinski definition) is 1. The first-order valence-corrected chi connectivity index (χ1v) is 24.5. The van der Waals surface area contributed by atoms with Gasteiger partial charge >= 0.3 is 21.1 Å². The molecule has 70 heavy (non-hydrogen) atoms. The van der Waals surface area contributed by atoms with E-state index in [1.165, 1.54) is 83.9 Å². The maximum Gasteiger partial charge on any atom is 4.00 e. The van der Waals surface area contributed by atoms with E-state index in [1.807, 2.05) is 44.9 Å². The van der Waals surface area contributed by atoms with Gasteiger partial charge in [-0.1, -0.05) is 131 Å². The second-order valence-electron chi connectivity index (χ2n) is 19.6. The minimum absolute atomic E-state index is 0. The Balaban J connectivity index is 0.000000172. The molecule has 0 fully saturated rings. The summed E-state index contributed by atoms with van der Waals surface area (Å²) in [6.45, 7) is 22.2. The van der Waals surface area contributed by atoms with Crippen LogP contribution in [-0.4, -0.2) is 30.6 Å². The maximum absolute atomic E-state index is 5.19. The van der Waals surface area contributed by atoms with Crippen molar-refractivity contribution in [3.63, 3.8) is 0 Å². The quantitative estimate of drug-likeness (QED) is 0.103. The number of nitrogens with zero attached hydrogens (tertiary/aromatic N) is 6. The van der Waals surface area contributed by atoms with Crippen LogP contribution in [-0.2, 0) is 21.1 Å². The monoisotopic (exact) mass is 1100 g/mol. The van der Waals surface area contributed by atoms with Gasteiger partial charge in [-0.3, -0.25) is 0 Å². The molecule has 0 spiro atoms. The summed E-state index contributed by atoms with van der Waals surface area (Å²) in [5.74, 6) is 1.34. The van der Waals surface area contributed by atoms with Gasteiger partial charge in [0, 0.05) is 34.1 Å². The minimum Gasteiger partial charge on any atom is -0.659 e. The van der Waals surface area contributed by atoms with E-state index >= 15 is 0 Å². The summed E-state index contributed by atoms with van der Waals surface area (Å²) in [5.41, 5.74) is 23.4. The summed E-state index contributed by atoms with van der Waals surface area (Å²) in [6, 6.07) is 52.2. The van der Waals surface area contributed by atoms with E-state index in [-0.39, 0.29) is 27.8 Å². The van der Waals surface area contributed by atoms with Crippen molar-refractivity contribution in [1.82, 2.24) is 9.80 Å². The Labute approximate surface area is 431 Å². The number of nitrogens with one attached hydrogen (secondary N) is 1. The van der Waals surface area contributed by atoms with Crippen molar-refractivity contribution in [2.24, 2.45) is 0 Å². The molecule has 9 heteroatoms. The molecule has 4 aliphatic heterocycles. The molecular formula is C61H62BN7Pt. The Morgan fingerprint density at radius 1 is 0.671 bits per heavy atom. The fourth-order valence-electron chi connectivity index (χ4n) is 10.5. The fraction of sp³-hybridized carbons (Fsp3) is 0.213. The molecule has 11 rings (SSSR count). The largest absolute Gasteiger partial charge is 4.00 e. The first kappa shape index (κ1) is 48.4. The number of para-hydroxylation sites is 2. The van der Waals surface area contributed by atoms with Crippen LogP contribution in [0.3, 0.4) is 0 Å². The number of benzene rings is 7. The van der Waals surface area contributed by atoms with Gasteiger partial charge in [0.15, 0.2) is 0 Å². The first-order valence-electron chi connectivity index (χ1n) is 24.5. The molecule has 0 unspecified atom stereocenters. The van der Waals surface area contributed by atoms with Gasteiger partial charge in [-0.25, -0.2) is 0 Å². The number of hydrogen-bond acceptors (Lipinski definition) is 6. The van der Waals surface area contributed by atoms with Crippen LogP contribution in [0.1, 0.15) is 88.5 Å². The standard InChI is InChI=1S/C31H21BN3.C30H41N4.Pt/c1-20-18-27-31-28(19-20)35(22-12-6-3-7-13-22)26-17-9-15-24-30(26)32(31)29-23(33-24)14-8-16-25(29)34(27)21-10-4-2-5-11-21;1-10-11-32(8)19-31-26-14-25(15-27(18-26)34-13-12-33(9)20-34)30-28(22(4)5)16-24(21(2)3)17-29(30)23(6)7;/h2-19H,1H3;10-17,19-23,31H,1-9H3;/q-1;-3;+4/b;11-10-;. The van der Waals surface area contributed by atoms with Crippen LogP contribution in [0.2, 0.25) is 0 Å². The Hall–Kier alpha value is -6.63. The number of allylic oxidation sites excluding steroid dienone is 1. The van der Waals surface area contributed by atoms with Gasteiger partial charge in [0.2, 0.25) is 6.71 Å². The summed E-state index contributed by atoms with van der Waals surface area (Å²) in [4.78, 5) is 11.0. The minimum atomic E-state index is 0. The third kappa shape index (κ3) is 8.92. The average Bonchev–Trinajstić information content (AvgIpc) is 3.79. The summed E-state index contributed by atoms with van der Waals surface area (Å²) in [5, 5.41) is 8.64. The van der Waals surface area contributed by atoms with Crippen LogP contribution in [0.25, 0.3) is 16.4 Å². The predicted octanol–water partition coefficient (Wildman–Crippen LogP) is 14.6. The third-order valence-electron chi connectivity index (χ3n) is 13.6. The van der Waals surface area contributed by atoms with Gasteiger partial charge in [0.25, 0.3) is 0 Å². The molecule has 4 heterocycles. The van der Waals surface area contributed by atoms with Crippen LogP contribution in [0, 0.1) is 26.3 Å². The molecule has 4 aliphatic rings. The molecule has 0 atom stereocenters. The normalized spacial score (nSPS) is 13.7. The second kappa shape index (κ2) is 20.0. The van der Waals surface area contributed by atoms with Crippen LogP contribution < -0.4 is 36.4 Å². The Kier molecular flexibility index (Phi) is 13.8. The molecule has 7 aromatic rings. The summed E-state index contributed by atoms with van der Waals surface area (Å²) in [6.07, 6.45) is 8.16. The van der Waals surface area contributed by atoms with E-state index < -0.39 is 0 Å². The predicted molar refractivity (Wildman–Crippen MR) is 295 cm³/mol. The molecule has 0 aromatic heterocycles. The molecule has 0 aliphatic carbocycles. The van der Waals surface area contributed by atoms with Gasteiger partial charge in [-0.2, -0.15) is 13.3 Å². The van der Waals surface area contributed by atoms with Crippen LogP contribution in [0.4, 0.5) is 56.9 Å². The zero-order valence-corrected chi connectivity index (χ0v) is 44.2. The SMILES string of the molecule is C/C=C\N(C)[CH-]Nc1[c-]c(N2C=CN(C)[CH-]2)cc(-c2c(C(C)C)cc(C(C)C)cc2C(C)C)c1.Cc1cc2c3c(c1)N(c1ccccc1)c1cccc4c1B3c1c(cccc1N2c1ccccc1)[N-]4.[Pt+4]. The van der Waals surface area contributed by atoms with Gasteiger partial charge in [-0.15, -0.1) is 46.5 Å². The summed E-state index contributed by atoms with van der Waals surface area (Å²) in [7, 11) is 4.06. The van der Waals surface area contributed by atoms with E-state index in [0.717, 1.165) is 22.7 Å².